The molecule has 0 fully saturated rings. The molecule has 0 aliphatic heterocycles. The molecule has 0 aliphatic rings. The molecule has 4 aromatic rings. The number of hydrogen-bond donors (Lipinski definition) is 0. The fourth-order valence-electron chi connectivity index (χ4n) is 3.63. The second kappa shape index (κ2) is 10.3. The summed E-state index contributed by atoms with van der Waals surface area (Å²) in [5.41, 5.74) is 3.78. The second-order valence-corrected chi connectivity index (χ2v) is 8.29. The molecule has 0 saturated heterocycles. The van der Waals surface area contributed by atoms with E-state index in [-0.39, 0.29) is 6.10 Å². The number of methoxy groups -OCH3 is 1. The second-order valence-electron chi connectivity index (χ2n) is 8.29. The standard InChI is InChI=1S/C30H26O5/c1-19(2)29(31)34-20(3)23-9-10-26-18-24(11-12-25(26)17-23)21-5-7-22(8-6-21)30(32)35-28-15-13-27(33-4)14-16-28/h5-18,20H,1H2,2-4H3. The number of carbonyl (C=O) groups excluding carboxylic acids is 2. The van der Waals surface area contributed by atoms with E-state index in [9.17, 15) is 9.59 Å². The predicted octanol–water partition coefficient (Wildman–Crippen LogP) is 6.91. The van der Waals surface area contributed by atoms with Crippen molar-refractivity contribution in [2.24, 2.45) is 0 Å². The molecule has 35 heavy (non-hydrogen) atoms. The van der Waals surface area contributed by atoms with E-state index in [4.69, 9.17) is 14.2 Å². The van der Waals surface area contributed by atoms with Crippen LogP contribution in [-0.4, -0.2) is 19.0 Å². The maximum Gasteiger partial charge on any atom is 0.343 e. The smallest absolute Gasteiger partial charge is 0.343 e. The SMILES string of the molecule is C=C(C)C(=O)OC(C)c1ccc2cc(-c3ccc(C(=O)Oc4ccc(OC)cc4)cc3)ccc2c1. The molecule has 0 amide bonds. The molecule has 1 unspecified atom stereocenters. The first-order valence-corrected chi connectivity index (χ1v) is 11.2. The Morgan fingerprint density at radius 1 is 0.771 bits per heavy atom. The molecule has 4 aromatic carbocycles. The van der Waals surface area contributed by atoms with Crippen LogP contribution in [0, 0.1) is 0 Å². The molecule has 5 heteroatoms. The molecule has 176 valence electrons. The zero-order valence-electron chi connectivity index (χ0n) is 19.9. The fraction of sp³-hybridized carbons (Fsp3) is 0.133. The molecule has 0 aromatic heterocycles. The minimum Gasteiger partial charge on any atom is -0.497 e. The van der Waals surface area contributed by atoms with Gasteiger partial charge in [0.15, 0.2) is 0 Å². The normalized spacial score (nSPS) is 11.5. The van der Waals surface area contributed by atoms with Crippen molar-refractivity contribution in [3.05, 3.63) is 108 Å². The van der Waals surface area contributed by atoms with E-state index in [0.29, 0.717) is 22.6 Å². The summed E-state index contributed by atoms with van der Waals surface area (Å²) in [6, 6.07) is 26.3. The van der Waals surface area contributed by atoms with Crippen molar-refractivity contribution in [1.29, 1.82) is 0 Å². The number of benzene rings is 4. The zero-order chi connectivity index (χ0) is 24.9. The Morgan fingerprint density at radius 2 is 1.37 bits per heavy atom. The van der Waals surface area contributed by atoms with E-state index in [1.807, 2.05) is 49.4 Å². The molecule has 0 spiro atoms. The number of rotatable bonds is 7. The van der Waals surface area contributed by atoms with Gasteiger partial charge >= 0.3 is 11.9 Å². The summed E-state index contributed by atoms with van der Waals surface area (Å²) in [6.07, 6.45) is -0.367. The van der Waals surface area contributed by atoms with Gasteiger partial charge in [0.2, 0.25) is 0 Å². The third kappa shape index (κ3) is 5.58. The molecule has 4 rings (SSSR count). The van der Waals surface area contributed by atoms with E-state index in [2.05, 4.69) is 12.6 Å². The quantitative estimate of drug-likeness (QED) is 0.168. The minimum absolute atomic E-state index is 0.367. The highest BCUT2D eigenvalue weighted by atomic mass is 16.5. The van der Waals surface area contributed by atoms with Gasteiger partial charge in [-0.15, -0.1) is 0 Å². The van der Waals surface area contributed by atoms with E-state index >= 15 is 0 Å². The van der Waals surface area contributed by atoms with Crippen molar-refractivity contribution in [3.8, 4) is 22.6 Å². The van der Waals surface area contributed by atoms with Gasteiger partial charge in [-0.05, 0) is 89.8 Å². The van der Waals surface area contributed by atoms with Gasteiger partial charge in [-0.2, -0.15) is 0 Å². The lowest BCUT2D eigenvalue weighted by Gasteiger charge is -2.14. The molecule has 1 atom stereocenters. The lowest BCUT2D eigenvalue weighted by atomic mass is 9.98. The van der Waals surface area contributed by atoms with Crippen molar-refractivity contribution in [2.75, 3.05) is 7.11 Å². The van der Waals surface area contributed by atoms with E-state index in [1.54, 1.807) is 50.4 Å². The van der Waals surface area contributed by atoms with Crippen LogP contribution >= 0.6 is 0 Å². The number of fused-ring (bicyclic) bond motifs is 1. The number of esters is 2. The van der Waals surface area contributed by atoms with Crippen LogP contribution in [0.1, 0.15) is 35.9 Å². The lowest BCUT2D eigenvalue weighted by Crippen LogP contribution is -2.09. The Labute approximate surface area is 204 Å². The molecule has 0 saturated carbocycles. The highest BCUT2D eigenvalue weighted by Gasteiger charge is 2.13. The van der Waals surface area contributed by atoms with Gasteiger partial charge in [0, 0.05) is 5.57 Å². The molecule has 0 N–H and O–H groups in total. The average molecular weight is 467 g/mol. The monoisotopic (exact) mass is 466 g/mol. The van der Waals surface area contributed by atoms with Crippen LogP contribution in [0.15, 0.2) is 97.1 Å². The molecule has 0 radical (unpaired) electrons. The van der Waals surface area contributed by atoms with Crippen molar-refractivity contribution in [3.63, 3.8) is 0 Å². The molecular weight excluding hydrogens is 440 g/mol. The summed E-state index contributed by atoms with van der Waals surface area (Å²) in [5, 5.41) is 2.11. The highest BCUT2D eigenvalue weighted by molar-refractivity contribution is 5.92. The van der Waals surface area contributed by atoms with Crippen molar-refractivity contribution in [1.82, 2.24) is 0 Å². The molecule has 0 heterocycles. The Morgan fingerprint density at radius 3 is 2.03 bits per heavy atom. The summed E-state index contributed by atoms with van der Waals surface area (Å²) >= 11 is 0. The van der Waals surface area contributed by atoms with Crippen LogP contribution < -0.4 is 9.47 Å². The molecular formula is C30H26O5. The van der Waals surface area contributed by atoms with Gasteiger partial charge < -0.3 is 14.2 Å². The van der Waals surface area contributed by atoms with Crippen LogP contribution in [0.4, 0.5) is 0 Å². The lowest BCUT2D eigenvalue weighted by molar-refractivity contribution is -0.143. The minimum atomic E-state index is -0.422. The Hall–Kier alpha value is -4.38. The number of carbonyl (C=O) groups is 2. The third-order valence-corrected chi connectivity index (χ3v) is 5.69. The third-order valence-electron chi connectivity index (χ3n) is 5.69. The van der Waals surface area contributed by atoms with Crippen molar-refractivity contribution >= 4 is 22.7 Å². The number of hydrogen-bond acceptors (Lipinski definition) is 5. The Kier molecular flexibility index (Phi) is 6.97. The summed E-state index contributed by atoms with van der Waals surface area (Å²) in [4.78, 5) is 24.3. The van der Waals surface area contributed by atoms with Crippen LogP contribution in [0.3, 0.4) is 0 Å². The van der Waals surface area contributed by atoms with E-state index < -0.39 is 11.9 Å². The van der Waals surface area contributed by atoms with Gasteiger partial charge in [0.05, 0.1) is 12.7 Å². The highest BCUT2D eigenvalue weighted by Crippen LogP contribution is 2.28. The fourth-order valence-corrected chi connectivity index (χ4v) is 3.63. The van der Waals surface area contributed by atoms with E-state index in [0.717, 1.165) is 27.5 Å². The van der Waals surface area contributed by atoms with Crippen LogP contribution in [0.5, 0.6) is 11.5 Å². The Bertz CT molecular complexity index is 1380. The van der Waals surface area contributed by atoms with Gasteiger partial charge in [-0.3, -0.25) is 0 Å². The van der Waals surface area contributed by atoms with E-state index in [1.165, 1.54) is 0 Å². The zero-order valence-corrected chi connectivity index (χ0v) is 19.9. The van der Waals surface area contributed by atoms with Crippen LogP contribution in [-0.2, 0) is 9.53 Å². The van der Waals surface area contributed by atoms with Gasteiger partial charge in [0.1, 0.15) is 17.6 Å². The molecule has 0 aliphatic carbocycles. The molecule has 0 bridgehead atoms. The first kappa shape index (κ1) is 23.8. The van der Waals surface area contributed by atoms with Gasteiger partial charge in [-0.1, -0.05) is 43.0 Å². The maximum atomic E-state index is 12.5. The first-order valence-electron chi connectivity index (χ1n) is 11.2. The first-order chi connectivity index (χ1) is 16.8. The maximum absolute atomic E-state index is 12.5. The summed E-state index contributed by atoms with van der Waals surface area (Å²) < 4.78 is 16.0. The summed E-state index contributed by atoms with van der Waals surface area (Å²) in [7, 11) is 1.58. The predicted molar refractivity (Wildman–Crippen MR) is 137 cm³/mol. The number of ether oxygens (including phenoxy) is 3. The summed E-state index contributed by atoms with van der Waals surface area (Å²) in [5.74, 6) is 0.331. The Balaban J connectivity index is 1.48. The topological polar surface area (TPSA) is 61.8 Å². The van der Waals surface area contributed by atoms with Crippen molar-refractivity contribution < 1.29 is 23.8 Å². The van der Waals surface area contributed by atoms with Gasteiger partial charge in [-0.25, -0.2) is 9.59 Å². The molecule has 5 nitrogen and oxygen atoms in total. The average Bonchev–Trinajstić information content (AvgIpc) is 2.88. The van der Waals surface area contributed by atoms with Crippen molar-refractivity contribution in [2.45, 2.75) is 20.0 Å². The largest absolute Gasteiger partial charge is 0.497 e. The summed E-state index contributed by atoms with van der Waals surface area (Å²) in [6.45, 7) is 7.10. The van der Waals surface area contributed by atoms with Crippen LogP contribution in [0.2, 0.25) is 0 Å². The van der Waals surface area contributed by atoms with Crippen LogP contribution in [0.25, 0.3) is 21.9 Å². The van der Waals surface area contributed by atoms with Gasteiger partial charge in [0.25, 0.3) is 0 Å².